The summed E-state index contributed by atoms with van der Waals surface area (Å²) in [6.07, 6.45) is 9.00. The van der Waals surface area contributed by atoms with Crippen molar-refractivity contribution < 1.29 is 19.8 Å². The van der Waals surface area contributed by atoms with Crippen molar-refractivity contribution in [1.82, 2.24) is 5.32 Å². The van der Waals surface area contributed by atoms with Crippen LogP contribution in [0.1, 0.15) is 56.9 Å². The molecule has 0 bridgehead atoms. The number of unbranched alkanes of at least 4 members (excludes halogenated alkanes) is 6. The molecule has 0 unspecified atom stereocenters. The van der Waals surface area contributed by atoms with E-state index >= 15 is 0 Å². The number of aldehydes is 1. The van der Waals surface area contributed by atoms with Gasteiger partial charge in [0, 0.05) is 19.4 Å². The SMILES string of the molecule is O=CCCCCCCCCC(=O)NCCc1ccc(O)c(O)c1. The number of aromatic hydroxyl groups is 2. The van der Waals surface area contributed by atoms with Gasteiger partial charge < -0.3 is 20.3 Å². The topological polar surface area (TPSA) is 86.6 Å². The monoisotopic (exact) mass is 321 g/mol. The molecule has 1 rings (SSSR count). The Morgan fingerprint density at radius 3 is 2.39 bits per heavy atom. The van der Waals surface area contributed by atoms with Crippen LogP contribution in [0, 0.1) is 0 Å². The molecule has 0 aliphatic rings. The van der Waals surface area contributed by atoms with Crippen LogP contribution in [0.4, 0.5) is 0 Å². The minimum absolute atomic E-state index is 0.0500. The third kappa shape index (κ3) is 8.86. The molecule has 0 aromatic heterocycles. The van der Waals surface area contributed by atoms with Crippen molar-refractivity contribution >= 4 is 12.2 Å². The molecule has 23 heavy (non-hydrogen) atoms. The predicted octanol–water partition coefficient (Wildman–Crippen LogP) is 3.08. The molecule has 0 saturated carbocycles. The minimum atomic E-state index is -0.137. The molecule has 128 valence electrons. The third-order valence-corrected chi connectivity index (χ3v) is 3.75. The molecule has 1 amide bonds. The first-order chi connectivity index (χ1) is 11.1. The second-order valence-corrected chi connectivity index (χ2v) is 5.75. The molecule has 0 aliphatic carbocycles. The van der Waals surface area contributed by atoms with Gasteiger partial charge in [-0.1, -0.05) is 31.7 Å². The summed E-state index contributed by atoms with van der Waals surface area (Å²) in [5, 5.41) is 21.5. The van der Waals surface area contributed by atoms with Crippen LogP contribution >= 0.6 is 0 Å². The molecule has 0 spiro atoms. The zero-order valence-electron chi connectivity index (χ0n) is 13.6. The highest BCUT2D eigenvalue weighted by Crippen LogP contribution is 2.24. The van der Waals surface area contributed by atoms with Crippen LogP contribution in [-0.4, -0.2) is 29.0 Å². The van der Waals surface area contributed by atoms with Gasteiger partial charge in [0.1, 0.15) is 6.29 Å². The summed E-state index contributed by atoms with van der Waals surface area (Å²) < 4.78 is 0. The zero-order chi connectivity index (χ0) is 16.9. The number of amides is 1. The van der Waals surface area contributed by atoms with Gasteiger partial charge in [-0.05, 0) is 37.0 Å². The smallest absolute Gasteiger partial charge is 0.220 e. The standard InChI is InChI=1S/C18H27NO4/c20-13-7-5-3-1-2-4-6-8-18(23)19-12-11-15-9-10-16(21)17(22)14-15/h9-10,13-14,21-22H,1-8,11-12H2,(H,19,23). The van der Waals surface area contributed by atoms with Gasteiger partial charge in [-0.3, -0.25) is 4.79 Å². The lowest BCUT2D eigenvalue weighted by molar-refractivity contribution is -0.121. The Balaban J connectivity index is 2.01. The van der Waals surface area contributed by atoms with Gasteiger partial charge in [0.25, 0.3) is 0 Å². The number of hydrogen-bond donors (Lipinski definition) is 3. The van der Waals surface area contributed by atoms with Crippen molar-refractivity contribution in [2.24, 2.45) is 0 Å². The molecular weight excluding hydrogens is 294 g/mol. The normalized spacial score (nSPS) is 10.4. The molecule has 1 aromatic rings. The summed E-state index contributed by atoms with van der Waals surface area (Å²) in [5.74, 6) is -0.222. The number of phenols is 2. The van der Waals surface area contributed by atoms with Crippen LogP contribution in [0.3, 0.4) is 0 Å². The Labute approximate surface area is 137 Å². The molecule has 0 heterocycles. The number of carbonyl (C=O) groups is 2. The Bertz CT molecular complexity index is 488. The van der Waals surface area contributed by atoms with Crippen molar-refractivity contribution in [3.8, 4) is 11.5 Å². The first-order valence-electron chi connectivity index (χ1n) is 8.34. The van der Waals surface area contributed by atoms with Gasteiger partial charge in [0.2, 0.25) is 5.91 Å². The van der Waals surface area contributed by atoms with Crippen molar-refractivity contribution in [2.45, 2.75) is 57.8 Å². The molecule has 0 saturated heterocycles. The van der Waals surface area contributed by atoms with Gasteiger partial charge in [-0.15, -0.1) is 0 Å². The second kappa shape index (κ2) is 11.5. The number of carbonyl (C=O) groups excluding carboxylic acids is 2. The van der Waals surface area contributed by atoms with Crippen LogP contribution < -0.4 is 5.32 Å². The van der Waals surface area contributed by atoms with Gasteiger partial charge in [-0.25, -0.2) is 0 Å². The summed E-state index contributed by atoms with van der Waals surface area (Å²) in [6, 6.07) is 4.68. The number of hydrogen-bond acceptors (Lipinski definition) is 4. The lowest BCUT2D eigenvalue weighted by Crippen LogP contribution is -2.25. The van der Waals surface area contributed by atoms with Crippen molar-refractivity contribution in [3.05, 3.63) is 23.8 Å². The lowest BCUT2D eigenvalue weighted by atomic mass is 10.1. The van der Waals surface area contributed by atoms with E-state index in [0.717, 1.165) is 50.4 Å². The van der Waals surface area contributed by atoms with E-state index in [2.05, 4.69) is 5.32 Å². The maximum Gasteiger partial charge on any atom is 0.220 e. The van der Waals surface area contributed by atoms with Crippen LogP contribution in [0.2, 0.25) is 0 Å². The summed E-state index contributed by atoms with van der Waals surface area (Å²) in [7, 11) is 0. The van der Waals surface area contributed by atoms with Crippen molar-refractivity contribution in [3.63, 3.8) is 0 Å². The highest BCUT2D eigenvalue weighted by atomic mass is 16.3. The maximum atomic E-state index is 11.7. The minimum Gasteiger partial charge on any atom is -0.504 e. The van der Waals surface area contributed by atoms with Gasteiger partial charge in [-0.2, -0.15) is 0 Å². The highest BCUT2D eigenvalue weighted by molar-refractivity contribution is 5.75. The van der Waals surface area contributed by atoms with Gasteiger partial charge >= 0.3 is 0 Å². The zero-order valence-corrected chi connectivity index (χ0v) is 13.6. The fourth-order valence-electron chi connectivity index (χ4n) is 2.38. The molecule has 0 fully saturated rings. The largest absolute Gasteiger partial charge is 0.504 e. The van der Waals surface area contributed by atoms with Gasteiger partial charge in [0.05, 0.1) is 0 Å². The summed E-state index contributed by atoms with van der Waals surface area (Å²) in [4.78, 5) is 21.8. The first-order valence-corrected chi connectivity index (χ1v) is 8.34. The first kappa shape index (κ1) is 19.0. The number of rotatable bonds is 12. The Kier molecular flexibility index (Phi) is 9.52. The molecule has 0 atom stereocenters. The Hall–Kier alpha value is -2.04. The fourth-order valence-corrected chi connectivity index (χ4v) is 2.38. The summed E-state index contributed by atoms with van der Waals surface area (Å²) >= 11 is 0. The van der Waals surface area contributed by atoms with E-state index in [1.54, 1.807) is 6.07 Å². The summed E-state index contributed by atoms with van der Waals surface area (Å²) in [5.41, 5.74) is 0.871. The second-order valence-electron chi connectivity index (χ2n) is 5.75. The Morgan fingerprint density at radius 2 is 1.70 bits per heavy atom. The molecule has 5 heteroatoms. The molecule has 5 nitrogen and oxygen atoms in total. The quantitative estimate of drug-likeness (QED) is 0.314. The van der Waals surface area contributed by atoms with E-state index < -0.39 is 0 Å². The average molecular weight is 321 g/mol. The number of benzene rings is 1. The van der Waals surface area contributed by atoms with Gasteiger partial charge in [0.15, 0.2) is 11.5 Å². The van der Waals surface area contributed by atoms with Crippen molar-refractivity contribution in [2.75, 3.05) is 6.54 Å². The summed E-state index contributed by atoms with van der Waals surface area (Å²) in [6.45, 7) is 0.523. The molecule has 0 aliphatic heterocycles. The molecule has 1 aromatic carbocycles. The van der Waals surface area contributed by atoms with E-state index in [9.17, 15) is 19.8 Å². The average Bonchev–Trinajstić information content (AvgIpc) is 2.53. The Morgan fingerprint density at radius 1 is 1.00 bits per heavy atom. The van der Waals surface area contributed by atoms with Crippen LogP contribution in [0.5, 0.6) is 11.5 Å². The third-order valence-electron chi connectivity index (χ3n) is 3.75. The molecule has 3 N–H and O–H groups in total. The van der Waals surface area contributed by atoms with E-state index in [4.69, 9.17) is 0 Å². The molecule has 0 radical (unpaired) electrons. The predicted molar refractivity (Wildman–Crippen MR) is 89.5 cm³/mol. The van der Waals surface area contributed by atoms with Crippen LogP contribution in [0.25, 0.3) is 0 Å². The van der Waals surface area contributed by atoms with Crippen LogP contribution in [0.15, 0.2) is 18.2 Å². The molecular formula is C18H27NO4. The van der Waals surface area contributed by atoms with E-state index in [-0.39, 0.29) is 17.4 Å². The number of nitrogens with one attached hydrogen (secondary N) is 1. The van der Waals surface area contributed by atoms with Crippen LogP contribution in [-0.2, 0) is 16.0 Å². The highest BCUT2D eigenvalue weighted by Gasteiger charge is 2.03. The number of phenolic OH excluding ortho intramolecular Hbond substituents is 2. The lowest BCUT2D eigenvalue weighted by Gasteiger charge is -2.06. The van der Waals surface area contributed by atoms with E-state index in [0.29, 0.717) is 25.8 Å². The fraction of sp³-hybridized carbons (Fsp3) is 0.556. The van der Waals surface area contributed by atoms with E-state index in [1.807, 2.05) is 0 Å². The van der Waals surface area contributed by atoms with Crippen molar-refractivity contribution in [1.29, 1.82) is 0 Å². The maximum absolute atomic E-state index is 11.7. The van der Waals surface area contributed by atoms with E-state index in [1.165, 1.54) is 12.1 Å².